The summed E-state index contributed by atoms with van der Waals surface area (Å²) < 4.78 is 0. The van der Waals surface area contributed by atoms with Crippen LogP contribution in [0.4, 0.5) is 17.3 Å². The summed E-state index contributed by atoms with van der Waals surface area (Å²) in [5.41, 5.74) is 0.720. The molecule has 0 aliphatic heterocycles. The number of aromatic nitrogens is 2. The van der Waals surface area contributed by atoms with Gasteiger partial charge in [-0.3, -0.25) is 4.79 Å². The van der Waals surface area contributed by atoms with Gasteiger partial charge in [0.2, 0.25) is 5.91 Å². The van der Waals surface area contributed by atoms with Crippen LogP contribution in [0.25, 0.3) is 0 Å². The van der Waals surface area contributed by atoms with Gasteiger partial charge in [-0.15, -0.1) is 0 Å². The minimum atomic E-state index is -0.0715. The number of carbonyl (C=O) groups excluding carboxylic acids is 1. The van der Waals surface area contributed by atoms with E-state index in [-0.39, 0.29) is 5.91 Å². The zero-order valence-electron chi connectivity index (χ0n) is 10.1. The van der Waals surface area contributed by atoms with Crippen LogP contribution in [0.3, 0.4) is 0 Å². The normalized spacial score (nSPS) is 9.83. The Balaban J connectivity index is 2.20. The number of anilines is 3. The van der Waals surface area contributed by atoms with Gasteiger partial charge in [-0.2, -0.15) is 0 Å². The molecular formula is C13H14N4O. The van der Waals surface area contributed by atoms with Crippen LogP contribution in [0.5, 0.6) is 0 Å². The Morgan fingerprint density at radius 2 is 2.00 bits per heavy atom. The zero-order valence-corrected chi connectivity index (χ0v) is 10.1. The van der Waals surface area contributed by atoms with Crippen molar-refractivity contribution < 1.29 is 4.79 Å². The highest BCUT2D eigenvalue weighted by molar-refractivity contribution is 5.93. The second-order valence-corrected chi connectivity index (χ2v) is 3.64. The van der Waals surface area contributed by atoms with Crippen molar-refractivity contribution in [2.24, 2.45) is 0 Å². The molecule has 0 bridgehead atoms. The van der Waals surface area contributed by atoms with Crippen molar-refractivity contribution in [3.05, 3.63) is 42.7 Å². The van der Waals surface area contributed by atoms with Gasteiger partial charge < -0.3 is 10.6 Å². The molecule has 92 valence electrons. The summed E-state index contributed by atoms with van der Waals surface area (Å²) in [5.74, 6) is 1.14. The molecule has 2 heterocycles. The topological polar surface area (TPSA) is 66.9 Å². The molecule has 2 aromatic rings. The number of rotatable bonds is 4. The highest BCUT2D eigenvalue weighted by Crippen LogP contribution is 2.21. The number of carbonyl (C=O) groups is 1. The van der Waals surface area contributed by atoms with Gasteiger partial charge in [-0.1, -0.05) is 13.0 Å². The maximum atomic E-state index is 11.4. The highest BCUT2D eigenvalue weighted by atomic mass is 16.1. The third kappa shape index (κ3) is 3.04. The molecule has 0 unspecified atom stereocenters. The fourth-order valence-corrected chi connectivity index (χ4v) is 1.40. The van der Waals surface area contributed by atoms with Crippen molar-refractivity contribution in [3.8, 4) is 0 Å². The lowest BCUT2D eigenvalue weighted by molar-refractivity contribution is -0.115. The first kappa shape index (κ1) is 12.0. The van der Waals surface area contributed by atoms with Crippen LogP contribution in [-0.2, 0) is 4.79 Å². The van der Waals surface area contributed by atoms with E-state index >= 15 is 0 Å². The largest absolute Gasteiger partial charge is 0.337 e. The number of hydrogen-bond acceptors (Lipinski definition) is 4. The predicted molar refractivity (Wildman–Crippen MR) is 70.7 cm³/mol. The van der Waals surface area contributed by atoms with Crippen molar-refractivity contribution in [2.45, 2.75) is 13.3 Å². The summed E-state index contributed by atoms with van der Waals surface area (Å²) in [6, 6.07) is 9.21. The molecule has 0 aromatic carbocycles. The van der Waals surface area contributed by atoms with Crippen LogP contribution < -0.4 is 10.6 Å². The predicted octanol–water partition coefficient (Wildman–Crippen LogP) is 2.57. The monoisotopic (exact) mass is 242 g/mol. The molecule has 0 fully saturated rings. The van der Waals surface area contributed by atoms with Gasteiger partial charge in [0.25, 0.3) is 0 Å². The first-order valence-corrected chi connectivity index (χ1v) is 5.72. The fourth-order valence-electron chi connectivity index (χ4n) is 1.40. The molecule has 1 amide bonds. The summed E-state index contributed by atoms with van der Waals surface area (Å²) in [4.78, 5) is 19.7. The summed E-state index contributed by atoms with van der Waals surface area (Å²) in [6.45, 7) is 1.80. The van der Waals surface area contributed by atoms with Crippen LogP contribution in [0, 0.1) is 0 Å². The third-order valence-electron chi connectivity index (χ3n) is 2.31. The van der Waals surface area contributed by atoms with Gasteiger partial charge in [0.15, 0.2) is 5.82 Å². The van der Waals surface area contributed by atoms with Crippen molar-refractivity contribution in [3.63, 3.8) is 0 Å². The molecule has 0 spiro atoms. The van der Waals surface area contributed by atoms with Crippen molar-refractivity contribution in [2.75, 3.05) is 10.6 Å². The molecular weight excluding hydrogens is 228 g/mol. The molecule has 0 aliphatic carbocycles. The Hall–Kier alpha value is -2.43. The number of nitrogens with one attached hydrogen (secondary N) is 2. The van der Waals surface area contributed by atoms with Gasteiger partial charge in [-0.05, 0) is 24.3 Å². The minimum absolute atomic E-state index is 0.0715. The number of hydrogen-bond donors (Lipinski definition) is 2. The molecule has 5 nitrogen and oxygen atoms in total. The summed E-state index contributed by atoms with van der Waals surface area (Å²) in [7, 11) is 0. The Morgan fingerprint density at radius 3 is 2.72 bits per heavy atom. The third-order valence-corrected chi connectivity index (χ3v) is 2.31. The maximum absolute atomic E-state index is 11.4. The molecule has 5 heteroatoms. The van der Waals surface area contributed by atoms with Crippen LogP contribution in [-0.4, -0.2) is 15.9 Å². The summed E-state index contributed by atoms with van der Waals surface area (Å²) in [6.07, 6.45) is 3.75. The lowest BCUT2D eigenvalue weighted by Gasteiger charge is -2.10. The molecule has 0 radical (unpaired) electrons. The van der Waals surface area contributed by atoms with E-state index in [2.05, 4.69) is 20.6 Å². The number of nitrogens with zero attached hydrogens (tertiary/aromatic N) is 2. The second kappa shape index (κ2) is 5.77. The fraction of sp³-hybridized carbons (Fsp3) is 0.154. The summed E-state index contributed by atoms with van der Waals surface area (Å²) >= 11 is 0. The molecule has 0 saturated heterocycles. The smallest absolute Gasteiger partial charge is 0.225 e. The van der Waals surface area contributed by atoms with Crippen LogP contribution in [0.2, 0.25) is 0 Å². The molecule has 18 heavy (non-hydrogen) atoms. The number of amides is 1. The van der Waals surface area contributed by atoms with Gasteiger partial charge in [0, 0.05) is 18.8 Å². The van der Waals surface area contributed by atoms with Crippen molar-refractivity contribution >= 4 is 23.2 Å². The molecule has 0 atom stereocenters. The molecule has 0 saturated carbocycles. The van der Waals surface area contributed by atoms with Gasteiger partial charge in [0.05, 0.1) is 5.69 Å². The van der Waals surface area contributed by atoms with E-state index in [0.717, 1.165) is 5.69 Å². The van der Waals surface area contributed by atoms with E-state index in [1.54, 1.807) is 25.4 Å². The van der Waals surface area contributed by atoms with Crippen LogP contribution >= 0.6 is 0 Å². The van der Waals surface area contributed by atoms with Crippen molar-refractivity contribution in [1.82, 2.24) is 9.97 Å². The highest BCUT2D eigenvalue weighted by Gasteiger charge is 2.06. The van der Waals surface area contributed by atoms with Crippen LogP contribution in [0.15, 0.2) is 42.7 Å². The molecule has 2 aromatic heterocycles. The van der Waals surface area contributed by atoms with E-state index in [4.69, 9.17) is 0 Å². The lowest BCUT2D eigenvalue weighted by atomic mass is 10.3. The molecule has 0 aliphatic rings. The maximum Gasteiger partial charge on any atom is 0.225 e. The zero-order chi connectivity index (χ0) is 12.8. The SMILES string of the molecule is CCC(=O)Nc1ncccc1Nc1ccccn1. The Morgan fingerprint density at radius 1 is 1.17 bits per heavy atom. The van der Waals surface area contributed by atoms with Gasteiger partial charge in [0.1, 0.15) is 5.82 Å². The van der Waals surface area contributed by atoms with E-state index < -0.39 is 0 Å². The van der Waals surface area contributed by atoms with Gasteiger partial charge >= 0.3 is 0 Å². The van der Waals surface area contributed by atoms with E-state index in [9.17, 15) is 4.79 Å². The Labute approximate surface area is 105 Å². The first-order chi connectivity index (χ1) is 8.79. The van der Waals surface area contributed by atoms with Crippen molar-refractivity contribution in [1.29, 1.82) is 0 Å². The Bertz CT molecular complexity index is 528. The van der Waals surface area contributed by atoms with E-state index in [1.807, 2.05) is 24.3 Å². The van der Waals surface area contributed by atoms with Gasteiger partial charge in [-0.25, -0.2) is 9.97 Å². The molecule has 2 rings (SSSR count). The second-order valence-electron chi connectivity index (χ2n) is 3.64. The molecule has 2 N–H and O–H groups in total. The van der Waals surface area contributed by atoms with Crippen LogP contribution in [0.1, 0.15) is 13.3 Å². The summed E-state index contributed by atoms with van der Waals surface area (Å²) in [5, 5.41) is 5.85. The number of pyridine rings is 2. The Kier molecular flexibility index (Phi) is 3.86. The minimum Gasteiger partial charge on any atom is -0.337 e. The lowest BCUT2D eigenvalue weighted by Crippen LogP contribution is -2.12. The first-order valence-electron chi connectivity index (χ1n) is 5.72. The quantitative estimate of drug-likeness (QED) is 0.864. The van der Waals surface area contributed by atoms with E-state index in [1.165, 1.54) is 0 Å². The average molecular weight is 242 g/mol. The average Bonchev–Trinajstić information content (AvgIpc) is 2.42. The van der Waals surface area contributed by atoms with E-state index in [0.29, 0.717) is 18.1 Å². The standard InChI is InChI=1S/C13H14N4O/c1-2-12(18)17-13-10(6-5-9-15-13)16-11-7-3-4-8-14-11/h3-9H,2H2,1H3,(H,14,16)(H,15,17,18).